The van der Waals surface area contributed by atoms with Crippen molar-refractivity contribution >= 4 is 29.9 Å². The number of aliphatic imine (C=N–C) groups is 1. The number of morpholine rings is 1. The molecule has 0 spiro atoms. The predicted octanol–water partition coefficient (Wildman–Crippen LogP) is 1.44. The quantitative estimate of drug-likeness (QED) is 0.325. The fraction of sp³-hybridized carbons (Fsp3) is 0.611. The van der Waals surface area contributed by atoms with Crippen LogP contribution in [0.25, 0.3) is 0 Å². The van der Waals surface area contributed by atoms with Gasteiger partial charge >= 0.3 is 0 Å². The largest absolute Gasteiger partial charge is 0.387 e. The van der Waals surface area contributed by atoms with Gasteiger partial charge < -0.3 is 20.5 Å². The predicted molar refractivity (Wildman–Crippen MR) is 113 cm³/mol. The minimum Gasteiger partial charge on any atom is -0.387 e. The lowest BCUT2D eigenvalue weighted by molar-refractivity contribution is -0.0201. The number of guanidine groups is 1. The van der Waals surface area contributed by atoms with E-state index in [0.29, 0.717) is 19.6 Å². The van der Waals surface area contributed by atoms with E-state index in [1.807, 2.05) is 32.0 Å². The molecule has 1 unspecified atom stereocenters. The number of benzene rings is 1. The van der Waals surface area contributed by atoms with Crippen molar-refractivity contribution in [1.82, 2.24) is 15.5 Å². The molecule has 6 nitrogen and oxygen atoms in total. The standard InChI is InChI=1S/C18H30N4O2.HI/c1-3-19-17(20-13-16-7-5-4-6-8-16)21-14-18(2,23)15-22-9-11-24-12-10-22;/h4-8,23H,3,9-15H2,1-2H3,(H2,19,20,21);1H. The summed E-state index contributed by atoms with van der Waals surface area (Å²) in [5.74, 6) is 0.726. The Hall–Kier alpha value is -0.900. The fourth-order valence-electron chi connectivity index (χ4n) is 2.67. The lowest BCUT2D eigenvalue weighted by Crippen LogP contribution is -2.52. The van der Waals surface area contributed by atoms with E-state index >= 15 is 0 Å². The molecule has 0 radical (unpaired) electrons. The summed E-state index contributed by atoms with van der Waals surface area (Å²) in [6, 6.07) is 10.1. The van der Waals surface area contributed by atoms with Crippen LogP contribution in [0.1, 0.15) is 19.4 Å². The van der Waals surface area contributed by atoms with Crippen LogP contribution in [-0.2, 0) is 11.3 Å². The van der Waals surface area contributed by atoms with Crippen molar-refractivity contribution < 1.29 is 9.84 Å². The van der Waals surface area contributed by atoms with Crippen LogP contribution in [0.4, 0.5) is 0 Å². The third-order valence-electron chi connectivity index (χ3n) is 3.91. The lowest BCUT2D eigenvalue weighted by Gasteiger charge is -2.34. The number of nitrogens with one attached hydrogen (secondary N) is 2. The molecule has 0 aliphatic carbocycles. The Balaban J connectivity index is 0.00000312. The van der Waals surface area contributed by atoms with E-state index in [9.17, 15) is 5.11 Å². The molecule has 0 saturated carbocycles. The monoisotopic (exact) mass is 462 g/mol. The van der Waals surface area contributed by atoms with Crippen LogP contribution >= 0.6 is 24.0 Å². The summed E-state index contributed by atoms with van der Waals surface area (Å²) < 4.78 is 5.35. The Morgan fingerprint density at radius 1 is 1.24 bits per heavy atom. The molecule has 2 rings (SSSR count). The number of aliphatic hydroxyl groups is 1. The highest BCUT2D eigenvalue weighted by molar-refractivity contribution is 14.0. The Kier molecular flexibility index (Phi) is 10.3. The second-order valence-corrected chi connectivity index (χ2v) is 6.42. The molecule has 1 fully saturated rings. The van der Waals surface area contributed by atoms with Gasteiger partial charge in [0, 0.05) is 32.7 Å². The van der Waals surface area contributed by atoms with Crippen LogP contribution < -0.4 is 10.6 Å². The molecule has 3 N–H and O–H groups in total. The van der Waals surface area contributed by atoms with Crippen molar-refractivity contribution in [3.05, 3.63) is 35.9 Å². The number of ether oxygens (including phenoxy) is 1. The lowest BCUT2D eigenvalue weighted by atomic mass is 10.1. The maximum atomic E-state index is 10.6. The summed E-state index contributed by atoms with van der Waals surface area (Å²) in [6.45, 7) is 9.59. The first kappa shape index (κ1) is 22.1. The SMILES string of the molecule is CCNC(=NCc1ccccc1)NCC(C)(O)CN1CCOCC1.I. The fourth-order valence-corrected chi connectivity index (χ4v) is 2.67. The Morgan fingerprint density at radius 2 is 1.92 bits per heavy atom. The van der Waals surface area contributed by atoms with Crippen LogP contribution in [0.15, 0.2) is 35.3 Å². The first-order chi connectivity index (χ1) is 11.6. The van der Waals surface area contributed by atoms with Crippen molar-refractivity contribution in [2.45, 2.75) is 26.0 Å². The molecule has 142 valence electrons. The van der Waals surface area contributed by atoms with Gasteiger partial charge in [-0.3, -0.25) is 4.90 Å². The van der Waals surface area contributed by atoms with E-state index in [-0.39, 0.29) is 24.0 Å². The molecule has 0 bridgehead atoms. The van der Waals surface area contributed by atoms with E-state index < -0.39 is 5.60 Å². The maximum Gasteiger partial charge on any atom is 0.191 e. The van der Waals surface area contributed by atoms with Gasteiger partial charge in [0.2, 0.25) is 0 Å². The van der Waals surface area contributed by atoms with Gasteiger partial charge in [0.15, 0.2) is 5.96 Å². The van der Waals surface area contributed by atoms with Gasteiger partial charge in [-0.2, -0.15) is 0 Å². The Bertz CT molecular complexity index is 505. The first-order valence-corrected chi connectivity index (χ1v) is 8.68. The third kappa shape index (κ3) is 8.84. The zero-order valence-electron chi connectivity index (χ0n) is 15.2. The number of hydrogen-bond donors (Lipinski definition) is 3. The number of halogens is 1. The number of rotatable bonds is 7. The molecule has 25 heavy (non-hydrogen) atoms. The van der Waals surface area contributed by atoms with Crippen molar-refractivity contribution in [2.75, 3.05) is 45.9 Å². The molecule has 0 aromatic heterocycles. The normalized spacial score (nSPS) is 18.1. The zero-order chi connectivity index (χ0) is 17.3. The number of nitrogens with zero attached hydrogens (tertiary/aromatic N) is 2. The van der Waals surface area contributed by atoms with E-state index in [0.717, 1.165) is 44.4 Å². The molecule has 1 heterocycles. The molecule has 1 saturated heterocycles. The van der Waals surface area contributed by atoms with Crippen molar-refractivity contribution in [3.63, 3.8) is 0 Å². The van der Waals surface area contributed by atoms with E-state index in [1.54, 1.807) is 0 Å². The molecule has 1 aromatic rings. The van der Waals surface area contributed by atoms with Crippen molar-refractivity contribution in [2.24, 2.45) is 4.99 Å². The second-order valence-electron chi connectivity index (χ2n) is 6.42. The van der Waals surface area contributed by atoms with Crippen LogP contribution in [0.5, 0.6) is 0 Å². The summed E-state index contributed by atoms with van der Waals surface area (Å²) >= 11 is 0. The topological polar surface area (TPSA) is 69.1 Å². The van der Waals surface area contributed by atoms with E-state index in [1.165, 1.54) is 0 Å². The van der Waals surface area contributed by atoms with Gasteiger partial charge in [0.1, 0.15) is 0 Å². The van der Waals surface area contributed by atoms with Gasteiger partial charge in [-0.15, -0.1) is 24.0 Å². The van der Waals surface area contributed by atoms with Gasteiger partial charge in [-0.25, -0.2) is 4.99 Å². The minimum atomic E-state index is -0.819. The smallest absolute Gasteiger partial charge is 0.191 e. The van der Waals surface area contributed by atoms with Crippen LogP contribution in [0.2, 0.25) is 0 Å². The molecule has 1 aliphatic rings. The Morgan fingerprint density at radius 3 is 2.56 bits per heavy atom. The molecular weight excluding hydrogens is 431 g/mol. The maximum absolute atomic E-state index is 10.6. The van der Waals surface area contributed by atoms with Gasteiger partial charge in [0.25, 0.3) is 0 Å². The summed E-state index contributed by atoms with van der Waals surface area (Å²) in [7, 11) is 0. The van der Waals surface area contributed by atoms with Crippen LogP contribution in [-0.4, -0.2) is 67.5 Å². The summed E-state index contributed by atoms with van der Waals surface area (Å²) in [5.41, 5.74) is 0.343. The summed E-state index contributed by atoms with van der Waals surface area (Å²) in [5, 5.41) is 17.1. The van der Waals surface area contributed by atoms with E-state index in [2.05, 4.69) is 32.7 Å². The molecule has 1 aromatic carbocycles. The summed E-state index contributed by atoms with van der Waals surface area (Å²) in [6.07, 6.45) is 0. The summed E-state index contributed by atoms with van der Waals surface area (Å²) in [4.78, 5) is 6.82. The van der Waals surface area contributed by atoms with Crippen molar-refractivity contribution in [3.8, 4) is 0 Å². The molecule has 1 atom stereocenters. The van der Waals surface area contributed by atoms with E-state index in [4.69, 9.17) is 4.74 Å². The number of β-amino-alcohol motifs (C(OH)–C–C–N with tert-alkyl or cyclic N) is 1. The molecule has 1 aliphatic heterocycles. The Labute approximate surface area is 168 Å². The number of hydrogen-bond acceptors (Lipinski definition) is 4. The van der Waals surface area contributed by atoms with Crippen molar-refractivity contribution in [1.29, 1.82) is 0 Å². The van der Waals surface area contributed by atoms with Crippen LogP contribution in [0.3, 0.4) is 0 Å². The van der Waals surface area contributed by atoms with Gasteiger partial charge in [-0.05, 0) is 19.4 Å². The van der Waals surface area contributed by atoms with Crippen LogP contribution in [0, 0.1) is 0 Å². The molecule has 7 heteroatoms. The average Bonchev–Trinajstić information content (AvgIpc) is 2.59. The highest BCUT2D eigenvalue weighted by atomic mass is 127. The molecule has 0 amide bonds. The molecular formula is C18H31IN4O2. The first-order valence-electron chi connectivity index (χ1n) is 8.68. The zero-order valence-corrected chi connectivity index (χ0v) is 17.5. The minimum absolute atomic E-state index is 0. The average molecular weight is 462 g/mol. The second kappa shape index (κ2) is 11.7. The highest BCUT2D eigenvalue weighted by Crippen LogP contribution is 2.07. The highest BCUT2D eigenvalue weighted by Gasteiger charge is 2.25. The van der Waals surface area contributed by atoms with Gasteiger partial charge in [0.05, 0.1) is 25.4 Å². The third-order valence-corrected chi connectivity index (χ3v) is 3.91. The van der Waals surface area contributed by atoms with Gasteiger partial charge in [-0.1, -0.05) is 30.3 Å².